The minimum atomic E-state index is -0.00476. The Bertz CT molecular complexity index is 756. The van der Waals surface area contributed by atoms with E-state index in [9.17, 15) is 4.79 Å². The van der Waals surface area contributed by atoms with E-state index in [-0.39, 0.29) is 6.03 Å². The van der Waals surface area contributed by atoms with Crippen LogP contribution in [0.4, 0.5) is 16.2 Å². The highest BCUT2D eigenvalue weighted by molar-refractivity contribution is 5.90. The maximum atomic E-state index is 12.6. The first-order valence-electron chi connectivity index (χ1n) is 8.90. The Morgan fingerprint density at radius 1 is 0.840 bits per heavy atom. The molecule has 1 N–H and O–H groups in total. The maximum Gasteiger partial charge on any atom is 0.321 e. The summed E-state index contributed by atoms with van der Waals surface area (Å²) in [6.45, 7) is 11.6. The van der Waals surface area contributed by atoms with Crippen LogP contribution in [0.5, 0.6) is 0 Å². The first-order chi connectivity index (χ1) is 12.0. The Hall–Kier alpha value is -2.49. The summed E-state index contributed by atoms with van der Waals surface area (Å²) >= 11 is 0. The Balaban J connectivity index is 1.64. The van der Waals surface area contributed by atoms with Crippen LogP contribution in [0.1, 0.15) is 22.3 Å². The van der Waals surface area contributed by atoms with Gasteiger partial charge in [-0.3, -0.25) is 0 Å². The zero-order valence-corrected chi connectivity index (χ0v) is 15.6. The zero-order chi connectivity index (χ0) is 18.0. The quantitative estimate of drug-likeness (QED) is 0.888. The minimum Gasteiger partial charge on any atom is -0.368 e. The summed E-state index contributed by atoms with van der Waals surface area (Å²) in [7, 11) is 0. The standard InChI is InChI=1S/C21H27N3O/c1-15-7-6-10-19(18(15)4)22-21(25)24-13-11-23(12-14-24)20-16(2)8-5-9-17(20)3/h5-10H,11-14H2,1-4H3,(H,22,25). The molecule has 0 radical (unpaired) electrons. The van der Waals surface area contributed by atoms with Gasteiger partial charge in [-0.05, 0) is 56.0 Å². The van der Waals surface area contributed by atoms with Gasteiger partial charge in [0.05, 0.1) is 0 Å². The molecule has 2 amide bonds. The molecule has 132 valence electrons. The number of aryl methyl sites for hydroxylation is 3. The first kappa shape index (κ1) is 17.3. The molecule has 4 heteroatoms. The van der Waals surface area contributed by atoms with Gasteiger partial charge in [0.15, 0.2) is 0 Å². The van der Waals surface area contributed by atoms with Crippen molar-refractivity contribution in [1.29, 1.82) is 0 Å². The number of para-hydroxylation sites is 1. The van der Waals surface area contributed by atoms with E-state index in [1.807, 2.05) is 24.0 Å². The summed E-state index contributed by atoms with van der Waals surface area (Å²) in [5, 5.41) is 3.07. The van der Waals surface area contributed by atoms with Crippen molar-refractivity contribution in [2.45, 2.75) is 27.7 Å². The molecular formula is C21H27N3O. The van der Waals surface area contributed by atoms with Crippen molar-refractivity contribution < 1.29 is 4.79 Å². The second-order valence-corrected chi connectivity index (χ2v) is 6.89. The molecule has 3 rings (SSSR count). The third-order valence-corrected chi connectivity index (χ3v) is 5.17. The zero-order valence-electron chi connectivity index (χ0n) is 15.6. The smallest absolute Gasteiger partial charge is 0.321 e. The summed E-state index contributed by atoms with van der Waals surface area (Å²) in [6.07, 6.45) is 0. The van der Waals surface area contributed by atoms with E-state index in [2.05, 4.69) is 55.3 Å². The van der Waals surface area contributed by atoms with Gasteiger partial charge in [-0.25, -0.2) is 4.79 Å². The van der Waals surface area contributed by atoms with E-state index in [0.29, 0.717) is 0 Å². The molecule has 1 saturated heterocycles. The normalized spacial score (nSPS) is 14.6. The number of carbonyl (C=O) groups excluding carboxylic acids is 1. The number of anilines is 2. The van der Waals surface area contributed by atoms with Crippen LogP contribution in [0.25, 0.3) is 0 Å². The molecular weight excluding hydrogens is 310 g/mol. The molecule has 1 heterocycles. The molecule has 0 saturated carbocycles. The van der Waals surface area contributed by atoms with Crippen LogP contribution >= 0.6 is 0 Å². The van der Waals surface area contributed by atoms with Crippen LogP contribution in [0.15, 0.2) is 36.4 Å². The Kier molecular flexibility index (Phi) is 4.98. The van der Waals surface area contributed by atoms with E-state index in [1.165, 1.54) is 22.4 Å². The van der Waals surface area contributed by atoms with Gasteiger partial charge in [0, 0.05) is 37.6 Å². The Morgan fingerprint density at radius 3 is 2.04 bits per heavy atom. The highest BCUT2D eigenvalue weighted by atomic mass is 16.2. The SMILES string of the molecule is Cc1cccc(NC(=O)N2CCN(c3c(C)cccc3C)CC2)c1C. The molecule has 0 aromatic heterocycles. The number of nitrogens with zero attached hydrogens (tertiary/aromatic N) is 2. The number of urea groups is 1. The topological polar surface area (TPSA) is 35.6 Å². The molecule has 0 aliphatic carbocycles. The van der Waals surface area contributed by atoms with Gasteiger partial charge in [-0.15, -0.1) is 0 Å². The molecule has 1 fully saturated rings. The fourth-order valence-electron chi connectivity index (χ4n) is 3.52. The molecule has 0 unspecified atom stereocenters. The lowest BCUT2D eigenvalue weighted by atomic mass is 10.1. The van der Waals surface area contributed by atoms with Gasteiger partial charge >= 0.3 is 6.03 Å². The van der Waals surface area contributed by atoms with Crippen LogP contribution < -0.4 is 10.2 Å². The van der Waals surface area contributed by atoms with E-state index in [4.69, 9.17) is 0 Å². The molecule has 2 aromatic carbocycles. The number of rotatable bonds is 2. The van der Waals surface area contributed by atoms with Gasteiger partial charge in [-0.1, -0.05) is 30.3 Å². The highest BCUT2D eigenvalue weighted by Gasteiger charge is 2.23. The maximum absolute atomic E-state index is 12.6. The van der Waals surface area contributed by atoms with Gasteiger partial charge in [-0.2, -0.15) is 0 Å². The molecule has 0 bridgehead atoms. The van der Waals surface area contributed by atoms with E-state index in [0.717, 1.165) is 37.4 Å². The summed E-state index contributed by atoms with van der Waals surface area (Å²) in [5.41, 5.74) is 7.14. The first-order valence-corrected chi connectivity index (χ1v) is 8.90. The van der Waals surface area contributed by atoms with Gasteiger partial charge < -0.3 is 15.1 Å². The van der Waals surface area contributed by atoms with Crippen LogP contribution in [-0.2, 0) is 0 Å². The fraction of sp³-hybridized carbons (Fsp3) is 0.381. The van der Waals surface area contributed by atoms with Crippen molar-refractivity contribution in [3.05, 3.63) is 58.7 Å². The largest absolute Gasteiger partial charge is 0.368 e. The lowest BCUT2D eigenvalue weighted by Gasteiger charge is -2.37. The van der Waals surface area contributed by atoms with Gasteiger partial charge in [0.25, 0.3) is 0 Å². The van der Waals surface area contributed by atoms with Crippen LogP contribution in [0, 0.1) is 27.7 Å². The third-order valence-electron chi connectivity index (χ3n) is 5.17. The van der Waals surface area contributed by atoms with Crippen molar-refractivity contribution in [3.63, 3.8) is 0 Å². The monoisotopic (exact) mass is 337 g/mol. The fourth-order valence-corrected chi connectivity index (χ4v) is 3.52. The number of benzene rings is 2. The van der Waals surface area contributed by atoms with E-state index in [1.54, 1.807) is 0 Å². The van der Waals surface area contributed by atoms with Crippen molar-refractivity contribution >= 4 is 17.4 Å². The molecule has 4 nitrogen and oxygen atoms in total. The summed E-state index contributed by atoms with van der Waals surface area (Å²) in [6, 6.07) is 12.4. The number of carbonyl (C=O) groups is 1. The lowest BCUT2D eigenvalue weighted by Crippen LogP contribution is -2.50. The van der Waals surface area contributed by atoms with E-state index < -0.39 is 0 Å². The molecule has 2 aromatic rings. The highest BCUT2D eigenvalue weighted by Crippen LogP contribution is 2.26. The van der Waals surface area contributed by atoms with E-state index >= 15 is 0 Å². The average Bonchev–Trinajstić information content (AvgIpc) is 2.59. The minimum absolute atomic E-state index is 0.00476. The Morgan fingerprint density at radius 2 is 1.40 bits per heavy atom. The molecule has 0 spiro atoms. The molecule has 25 heavy (non-hydrogen) atoms. The summed E-state index contributed by atoms with van der Waals surface area (Å²) < 4.78 is 0. The Labute approximate surface area is 150 Å². The van der Waals surface area contributed by atoms with Crippen LogP contribution in [0.2, 0.25) is 0 Å². The predicted molar refractivity (Wildman–Crippen MR) is 105 cm³/mol. The second-order valence-electron chi connectivity index (χ2n) is 6.89. The van der Waals surface area contributed by atoms with Gasteiger partial charge in [0.1, 0.15) is 0 Å². The number of nitrogens with one attached hydrogen (secondary N) is 1. The molecule has 1 aliphatic heterocycles. The molecule has 0 atom stereocenters. The number of piperazine rings is 1. The number of hydrogen-bond donors (Lipinski definition) is 1. The number of hydrogen-bond acceptors (Lipinski definition) is 2. The summed E-state index contributed by atoms with van der Waals surface area (Å²) in [5.74, 6) is 0. The lowest BCUT2D eigenvalue weighted by molar-refractivity contribution is 0.208. The van der Waals surface area contributed by atoms with Gasteiger partial charge in [0.2, 0.25) is 0 Å². The van der Waals surface area contributed by atoms with Crippen molar-refractivity contribution in [2.75, 3.05) is 36.4 Å². The second kappa shape index (κ2) is 7.18. The average molecular weight is 337 g/mol. The third kappa shape index (κ3) is 3.63. The molecule has 1 aliphatic rings. The van der Waals surface area contributed by atoms with Crippen LogP contribution in [-0.4, -0.2) is 37.1 Å². The van der Waals surface area contributed by atoms with Crippen molar-refractivity contribution in [3.8, 4) is 0 Å². The number of amides is 2. The summed E-state index contributed by atoms with van der Waals surface area (Å²) in [4.78, 5) is 16.9. The van der Waals surface area contributed by atoms with Crippen molar-refractivity contribution in [2.24, 2.45) is 0 Å². The van der Waals surface area contributed by atoms with Crippen molar-refractivity contribution in [1.82, 2.24) is 4.90 Å². The predicted octanol–water partition coefficient (Wildman–Crippen LogP) is 4.27. The van der Waals surface area contributed by atoms with Crippen LogP contribution in [0.3, 0.4) is 0 Å².